The topological polar surface area (TPSA) is 17.1 Å². The predicted octanol–water partition coefficient (Wildman–Crippen LogP) is 3.57. The van der Waals surface area contributed by atoms with Crippen molar-refractivity contribution in [2.45, 2.75) is 58.3 Å². The molecule has 3 saturated carbocycles. The monoisotopic (exact) mass is 206 g/mol. The van der Waals surface area contributed by atoms with Crippen LogP contribution in [0.4, 0.5) is 0 Å². The SMILES string of the molecule is C[C@@]12CCC(=O)[C@@H]1[C@@H]1CCCC[C@H]1CC2. The molecule has 0 aliphatic heterocycles. The third kappa shape index (κ3) is 1.38. The standard InChI is InChI=1S/C14H22O/c1-14-8-6-10-4-2-3-5-11(10)13(14)12(15)7-9-14/h10-11,13H,2-9H2,1H3/t10-,11+,13-,14+/m0/s1. The normalized spacial score (nSPS) is 49.9. The van der Waals surface area contributed by atoms with Crippen molar-refractivity contribution in [2.75, 3.05) is 0 Å². The van der Waals surface area contributed by atoms with Gasteiger partial charge in [0.05, 0.1) is 0 Å². The van der Waals surface area contributed by atoms with Gasteiger partial charge < -0.3 is 0 Å². The van der Waals surface area contributed by atoms with Gasteiger partial charge in [0, 0.05) is 12.3 Å². The minimum atomic E-state index is 0.398. The second-order valence-corrected chi connectivity index (χ2v) is 6.35. The maximum atomic E-state index is 12.1. The van der Waals surface area contributed by atoms with E-state index in [9.17, 15) is 4.79 Å². The van der Waals surface area contributed by atoms with Gasteiger partial charge in [-0.1, -0.05) is 26.2 Å². The molecule has 0 radical (unpaired) electrons. The molecule has 0 unspecified atom stereocenters. The van der Waals surface area contributed by atoms with E-state index in [1.807, 2.05) is 0 Å². The molecule has 3 rings (SSSR count). The van der Waals surface area contributed by atoms with Crippen molar-refractivity contribution in [3.05, 3.63) is 0 Å². The van der Waals surface area contributed by atoms with Crippen molar-refractivity contribution < 1.29 is 4.79 Å². The molecule has 84 valence electrons. The number of carbonyl (C=O) groups excluding carboxylic acids is 1. The molecule has 0 amide bonds. The Morgan fingerprint density at radius 2 is 1.93 bits per heavy atom. The minimum Gasteiger partial charge on any atom is -0.299 e. The van der Waals surface area contributed by atoms with Gasteiger partial charge in [0.15, 0.2) is 0 Å². The smallest absolute Gasteiger partial charge is 0.136 e. The van der Waals surface area contributed by atoms with Gasteiger partial charge in [-0.2, -0.15) is 0 Å². The molecular weight excluding hydrogens is 184 g/mol. The molecule has 15 heavy (non-hydrogen) atoms. The van der Waals surface area contributed by atoms with Gasteiger partial charge in [-0.15, -0.1) is 0 Å². The van der Waals surface area contributed by atoms with Crippen molar-refractivity contribution in [1.82, 2.24) is 0 Å². The fourth-order valence-corrected chi connectivity index (χ4v) is 4.69. The zero-order chi connectivity index (χ0) is 10.5. The number of rotatable bonds is 0. The first kappa shape index (κ1) is 9.86. The van der Waals surface area contributed by atoms with Crippen molar-refractivity contribution in [3.8, 4) is 0 Å². The summed E-state index contributed by atoms with van der Waals surface area (Å²) in [6, 6.07) is 0. The average molecular weight is 206 g/mol. The number of fused-ring (bicyclic) bond motifs is 3. The molecule has 0 aromatic heterocycles. The molecule has 1 nitrogen and oxygen atoms in total. The molecule has 0 N–H and O–H groups in total. The van der Waals surface area contributed by atoms with Crippen molar-refractivity contribution in [1.29, 1.82) is 0 Å². The van der Waals surface area contributed by atoms with Crippen LogP contribution in [-0.4, -0.2) is 5.78 Å². The lowest BCUT2D eigenvalue weighted by atomic mass is 9.57. The molecule has 3 aliphatic rings. The van der Waals surface area contributed by atoms with E-state index >= 15 is 0 Å². The Labute approximate surface area is 92.6 Å². The lowest BCUT2D eigenvalue weighted by molar-refractivity contribution is -0.128. The lowest BCUT2D eigenvalue weighted by Crippen LogP contribution is -2.42. The predicted molar refractivity (Wildman–Crippen MR) is 60.5 cm³/mol. The summed E-state index contributed by atoms with van der Waals surface area (Å²) in [5, 5.41) is 0. The van der Waals surface area contributed by atoms with E-state index in [-0.39, 0.29) is 0 Å². The van der Waals surface area contributed by atoms with Crippen LogP contribution in [0.5, 0.6) is 0 Å². The van der Waals surface area contributed by atoms with Crippen LogP contribution in [0.3, 0.4) is 0 Å². The highest BCUT2D eigenvalue weighted by atomic mass is 16.1. The van der Waals surface area contributed by atoms with Gasteiger partial charge in [0.2, 0.25) is 0 Å². The molecule has 0 heterocycles. The zero-order valence-corrected chi connectivity index (χ0v) is 9.80. The maximum absolute atomic E-state index is 12.1. The van der Waals surface area contributed by atoms with E-state index in [2.05, 4.69) is 6.92 Å². The van der Waals surface area contributed by atoms with Gasteiger partial charge in [0.25, 0.3) is 0 Å². The highest BCUT2D eigenvalue weighted by molar-refractivity contribution is 5.84. The molecule has 0 bridgehead atoms. The van der Waals surface area contributed by atoms with Crippen LogP contribution >= 0.6 is 0 Å². The molecule has 0 spiro atoms. The van der Waals surface area contributed by atoms with E-state index < -0.39 is 0 Å². The first-order chi connectivity index (χ1) is 7.21. The Morgan fingerprint density at radius 3 is 2.80 bits per heavy atom. The van der Waals surface area contributed by atoms with Gasteiger partial charge >= 0.3 is 0 Å². The van der Waals surface area contributed by atoms with E-state index in [4.69, 9.17) is 0 Å². The van der Waals surface area contributed by atoms with Crippen LogP contribution in [0.15, 0.2) is 0 Å². The van der Waals surface area contributed by atoms with Crippen LogP contribution in [0.1, 0.15) is 58.3 Å². The zero-order valence-electron chi connectivity index (χ0n) is 9.80. The Balaban J connectivity index is 1.90. The highest BCUT2D eigenvalue weighted by Crippen LogP contribution is 2.57. The quantitative estimate of drug-likeness (QED) is 0.592. The Hall–Kier alpha value is -0.330. The second-order valence-electron chi connectivity index (χ2n) is 6.35. The Kier molecular flexibility index (Phi) is 2.19. The summed E-state index contributed by atoms with van der Waals surface area (Å²) >= 11 is 0. The van der Waals surface area contributed by atoms with Crippen LogP contribution in [0, 0.1) is 23.2 Å². The number of ketones is 1. The van der Waals surface area contributed by atoms with Gasteiger partial charge in [0.1, 0.15) is 5.78 Å². The Bertz CT molecular complexity index is 283. The van der Waals surface area contributed by atoms with Crippen molar-refractivity contribution in [2.24, 2.45) is 23.2 Å². The lowest BCUT2D eigenvalue weighted by Gasteiger charge is -2.47. The summed E-state index contributed by atoms with van der Waals surface area (Å²) in [6.07, 6.45) is 10.3. The van der Waals surface area contributed by atoms with E-state index in [0.29, 0.717) is 17.1 Å². The van der Waals surface area contributed by atoms with Crippen LogP contribution in [-0.2, 0) is 4.79 Å². The fraction of sp³-hybridized carbons (Fsp3) is 0.929. The van der Waals surface area contributed by atoms with E-state index in [1.165, 1.54) is 44.9 Å². The largest absolute Gasteiger partial charge is 0.299 e. The highest BCUT2D eigenvalue weighted by Gasteiger charge is 2.53. The molecule has 1 heteroatoms. The molecule has 0 aromatic carbocycles. The van der Waals surface area contributed by atoms with Crippen LogP contribution in [0.2, 0.25) is 0 Å². The second kappa shape index (κ2) is 3.33. The number of hydrogen-bond acceptors (Lipinski definition) is 1. The molecular formula is C14H22O. The van der Waals surface area contributed by atoms with Gasteiger partial charge in [-0.3, -0.25) is 4.79 Å². The third-order valence-electron chi connectivity index (χ3n) is 5.52. The summed E-state index contributed by atoms with van der Waals surface area (Å²) in [5.74, 6) is 2.73. The molecule has 0 saturated heterocycles. The summed E-state index contributed by atoms with van der Waals surface area (Å²) in [6.45, 7) is 2.38. The fourth-order valence-electron chi connectivity index (χ4n) is 4.69. The van der Waals surface area contributed by atoms with Crippen molar-refractivity contribution >= 4 is 5.78 Å². The number of Topliss-reactive ketones (excluding diaryl/α,β-unsaturated/α-hetero) is 1. The van der Waals surface area contributed by atoms with Crippen LogP contribution in [0.25, 0.3) is 0 Å². The molecule has 3 aliphatic carbocycles. The van der Waals surface area contributed by atoms with E-state index in [1.54, 1.807) is 0 Å². The van der Waals surface area contributed by atoms with Crippen LogP contribution < -0.4 is 0 Å². The molecule has 3 fully saturated rings. The summed E-state index contributed by atoms with van der Waals surface area (Å²) < 4.78 is 0. The number of hydrogen-bond donors (Lipinski definition) is 0. The summed E-state index contributed by atoms with van der Waals surface area (Å²) in [7, 11) is 0. The summed E-state index contributed by atoms with van der Waals surface area (Å²) in [5.41, 5.74) is 0.398. The third-order valence-corrected chi connectivity index (χ3v) is 5.52. The molecule has 4 atom stereocenters. The molecule has 0 aromatic rings. The van der Waals surface area contributed by atoms with Gasteiger partial charge in [-0.25, -0.2) is 0 Å². The minimum absolute atomic E-state index is 0.398. The first-order valence-corrected chi connectivity index (χ1v) is 6.73. The average Bonchev–Trinajstić information content (AvgIpc) is 2.56. The summed E-state index contributed by atoms with van der Waals surface area (Å²) in [4.78, 5) is 12.1. The maximum Gasteiger partial charge on any atom is 0.136 e. The van der Waals surface area contributed by atoms with E-state index in [0.717, 1.165) is 18.3 Å². The van der Waals surface area contributed by atoms with Gasteiger partial charge in [-0.05, 0) is 42.9 Å². The van der Waals surface area contributed by atoms with Crippen molar-refractivity contribution in [3.63, 3.8) is 0 Å². The Morgan fingerprint density at radius 1 is 1.13 bits per heavy atom. The first-order valence-electron chi connectivity index (χ1n) is 6.73. The number of carbonyl (C=O) groups is 1.